The van der Waals surface area contributed by atoms with E-state index in [0.29, 0.717) is 22.5 Å². The molecule has 2 heterocycles. The Morgan fingerprint density at radius 3 is 2.53 bits per heavy atom. The minimum atomic E-state index is -0.430. The molecule has 4 N–H and O–H groups in total. The van der Waals surface area contributed by atoms with E-state index in [9.17, 15) is 9.59 Å². The topological polar surface area (TPSA) is 128 Å². The summed E-state index contributed by atoms with van der Waals surface area (Å²) in [7, 11) is 0. The van der Waals surface area contributed by atoms with Gasteiger partial charge in [0.05, 0.1) is 22.9 Å². The fourth-order valence-electron chi connectivity index (χ4n) is 4.26. The van der Waals surface area contributed by atoms with E-state index in [2.05, 4.69) is 27.2 Å². The number of rotatable bonds is 6. The van der Waals surface area contributed by atoms with Crippen molar-refractivity contribution in [3.63, 3.8) is 0 Å². The van der Waals surface area contributed by atoms with Crippen molar-refractivity contribution in [3.8, 4) is 22.7 Å². The van der Waals surface area contributed by atoms with Gasteiger partial charge in [0.1, 0.15) is 5.75 Å². The second-order valence-electron chi connectivity index (χ2n) is 8.21. The first-order valence-electron chi connectivity index (χ1n) is 11.1. The smallest absolute Gasteiger partial charge is 0.292 e. The van der Waals surface area contributed by atoms with Crippen LogP contribution in [0.3, 0.4) is 0 Å². The molecule has 0 radical (unpaired) electrons. The van der Waals surface area contributed by atoms with Crippen molar-refractivity contribution in [2.24, 2.45) is 0 Å². The Bertz CT molecular complexity index is 1410. The summed E-state index contributed by atoms with van der Waals surface area (Å²) < 4.78 is 7.75. The van der Waals surface area contributed by atoms with Crippen LogP contribution in [0.5, 0.6) is 5.75 Å². The van der Waals surface area contributed by atoms with Gasteiger partial charge in [-0.2, -0.15) is 10.2 Å². The third-order valence-corrected chi connectivity index (χ3v) is 5.93. The summed E-state index contributed by atoms with van der Waals surface area (Å²) in [6, 6.07) is 14.8. The highest BCUT2D eigenvalue weighted by molar-refractivity contribution is 6.00. The molecule has 5 rings (SSSR count). The van der Waals surface area contributed by atoms with Gasteiger partial charge in [-0.3, -0.25) is 9.59 Å². The van der Waals surface area contributed by atoms with Gasteiger partial charge >= 0.3 is 0 Å². The molecular formula is C25H24N6O3. The zero-order valence-corrected chi connectivity index (χ0v) is 18.5. The SMILES string of the molecule is C=CC(=O)Nc1ccc(-n2nc3c(=O)[nH]nc(N)c3c2-c2ccc(OC3CCCC3)cc2)cc1. The molecule has 172 valence electrons. The molecule has 1 aliphatic rings. The van der Waals surface area contributed by atoms with Crippen LogP contribution in [-0.4, -0.2) is 32.0 Å². The summed E-state index contributed by atoms with van der Waals surface area (Å²) in [5, 5.41) is 14.1. The first-order chi connectivity index (χ1) is 16.5. The summed E-state index contributed by atoms with van der Waals surface area (Å²) in [6.07, 6.45) is 6.01. The molecule has 0 bridgehead atoms. The number of amides is 1. The Hall–Kier alpha value is -4.40. The fraction of sp³-hybridized carbons (Fsp3) is 0.200. The number of hydrogen-bond acceptors (Lipinski definition) is 6. The van der Waals surface area contributed by atoms with Gasteiger partial charge in [0.15, 0.2) is 11.3 Å². The number of fused-ring (bicyclic) bond motifs is 1. The maximum Gasteiger partial charge on any atom is 0.292 e. The van der Waals surface area contributed by atoms with Crippen LogP contribution in [-0.2, 0) is 4.79 Å². The number of carbonyl (C=O) groups excluding carboxylic acids is 1. The Balaban J connectivity index is 1.58. The number of aromatic amines is 1. The quantitative estimate of drug-likeness (QED) is 0.379. The van der Waals surface area contributed by atoms with Gasteiger partial charge in [-0.15, -0.1) is 0 Å². The van der Waals surface area contributed by atoms with Gasteiger partial charge in [0, 0.05) is 11.3 Å². The fourth-order valence-corrected chi connectivity index (χ4v) is 4.26. The summed E-state index contributed by atoms with van der Waals surface area (Å²) in [4.78, 5) is 24.1. The largest absolute Gasteiger partial charge is 0.490 e. The molecule has 1 fully saturated rings. The van der Waals surface area contributed by atoms with E-state index in [4.69, 9.17) is 10.5 Å². The number of anilines is 2. The zero-order valence-electron chi connectivity index (χ0n) is 18.5. The van der Waals surface area contributed by atoms with E-state index >= 15 is 0 Å². The van der Waals surface area contributed by atoms with Crippen LogP contribution in [0.25, 0.3) is 27.8 Å². The van der Waals surface area contributed by atoms with E-state index in [-0.39, 0.29) is 23.3 Å². The van der Waals surface area contributed by atoms with Gasteiger partial charge in [0.25, 0.3) is 5.56 Å². The van der Waals surface area contributed by atoms with Crippen molar-refractivity contribution >= 4 is 28.3 Å². The highest BCUT2D eigenvalue weighted by Gasteiger charge is 2.21. The molecule has 2 aromatic carbocycles. The molecule has 0 aliphatic heterocycles. The summed E-state index contributed by atoms with van der Waals surface area (Å²) >= 11 is 0. The monoisotopic (exact) mass is 456 g/mol. The molecule has 34 heavy (non-hydrogen) atoms. The molecule has 2 aromatic heterocycles. The van der Waals surface area contributed by atoms with Gasteiger partial charge in [-0.25, -0.2) is 9.78 Å². The first-order valence-corrected chi connectivity index (χ1v) is 11.1. The summed E-state index contributed by atoms with van der Waals surface area (Å²) in [6.45, 7) is 3.46. The average molecular weight is 457 g/mol. The highest BCUT2D eigenvalue weighted by atomic mass is 16.5. The van der Waals surface area contributed by atoms with E-state index in [0.717, 1.165) is 24.2 Å². The second-order valence-corrected chi connectivity index (χ2v) is 8.21. The molecule has 1 saturated carbocycles. The lowest BCUT2D eigenvalue weighted by Crippen LogP contribution is -2.10. The number of carbonyl (C=O) groups is 1. The van der Waals surface area contributed by atoms with Crippen LogP contribution < -0.4 is 21.3 Å². The molecule has 0 atom stereocenters. The van der Waals surface area contributed by atoms with Crippen molar-refractivity contribution in [1.82, 2.24) is 20.0 Å². The van der Waals surface area contributed by atoms with Gasteiger partial charge in [-0.1, -0.05) is 6.58 Å². The molecule has 0 unspecified atom stereocenters. The summed E-state index contributed by atoms with van der Waals surface area (Å²) in [5.41, 5.74) is 8.68. The minimum Gasteiger partial charge on any atom is -0.490 e. The van der Waals surface area contributed by atoms with E-state index in [1.807, 2.05) is 24.3 Å². The molecule has 9 heteroatoms. The number of H-pyrrole nitrogens is 1. The number of hydrogen-bond donors (Lipinski definition) is 3. The highest BCUT2D eigenvalue weighted by Crippen LogP contribution is 2.34. The molecule has 4 aromatic rings. The van der Waals surface area contributed by atoms with Gasteiger partial charge in [0.2, 0.25) is 5.91 Å². The van der Waals surface area contributed by atoms with Crippen molar-refractivity contribution < 1.29 is 9.53 Å². The second kappa shape index (κ2) is 8.86. The Morgan fingerprint density at radius 1 is 1.15 bits per heavy atom. The number of benzene rings is 2. The zero-order chi connectivity index (χ0) is 23.7. The number of nitrogens with two attached hydrogens (primary N) is 1. The predicted molar refractivity (Wildman–Crippen MR) is 131 cm³/mol. The van der Waals surface area contributed by atoms with Gasteiger partial charge < -0.3 is 15.8 Å². The van der Waals surface area contributed by atoms with Crippen molar-refractivity contribution in [3.05, 3.63) is 71.5 Å². The molecular weight excluding hydrogens is 432 g/mol. The van der Waals surface area contributed by atoms with Crippen molar-refractivity contribution in [2.45, 2.75) is 31.8 Å². The van der Waals surface area contributed by atoms with E-state index in [1.54, 1.807) is 28.9 Å². The maximum atomic E-state index is 12.5. The average Bonchev–Trinajstić information content (AvgIpc) is 3.51. The number of nitrogens with zero attached hydrogens (tertiary/aromatic N) is 3. The lowest BCUT2D eigenvalue weighted by atomic mass is 10.1. The number of ether oxygens (including phenoxy) is 1. The van der Waals surface area contributed by atoms with Crippen LogP contribution >= 0.6 is 0 Å². The van der Waals surface area contributed by atoms with Crippen LogP contribution in [0.4, 0.5) is 11.5 Å². The van der Waals surface area contributed by atoms with Crippen LogP contribution in [0.2, 0.25) is 0 Å². The Kier molecular flexibility index (Phi) is 5.59. The Morgan fingerprint density at radius 2 is 1.85 bits per heavy atom. The number of nitrogen functional groups attached to an aromatic ring is 1. The van der Waals surface area contributed by atoms with Crippen molar-refractivity contribution in [2.75, 3.05) is 11.1 Å². The van der Waals surface area contributed by atoms with Crippen LogP contribution in [0.15, 0.2) is 66.0 Å². The summed E-state index contributed by atoms with van der Waals surface area (Å²) in [5.74, 6) is 0.679. The number of nitrogens with one attached hydrogen (secondary N) is 2. The Labute approximate surface area is 195 Å². The van der Waals surface area contributed by atoms with Crippen LogP contribution in [0.1, 0.15) is 25.7 Å². The molecule has 1 amide bonds. The lowest BCUT2D eigenvalue weighted by molar-refractivity contribution is -0.111. The third kappa shape index (κ3) is 4.03. The van der Waals surface area contributed by atoms with Crippen molar-refractivity contribution in [1.29, 1.82) is 0 Å². The van der Waals surface area contributed by atoms with Crippen LogP contribution in [0, 0.1) is 0 Å². The predicted octanol–water partition coefficient (Wildman–Crippen LogP) is 3.80. The van der Waals surface area contributed by atoms with E-state index < -0.39 is 5.56 Å². The molecule has 1 aliphatic carbocycles. The van der Waals surface area contributed by atoms with Gasteiger partial charge in [-0.05, 0) is 80.3 Å². The molecule has 9 nitrogen and oxygen atoms in total. The third-order valence-electron chi connectivity index (χ3n) is 5.93. The maximum absolute atomic E-state index is 12.5. The minimum absolute atomic E-state index is 0.178. The van der Waals surface area contributed by atoms with E-state index in [1.165, 1.54) is 18.9 Å². The lowest BCUT2D eigenvalue weighted by Gasteiger charge is -2.14. The standard InChI is InChI=1S/C25H24N6O3/c1-2-20(32)27-16-9-11-17(12-10-16)31-23(21-22(30-31)25(33)29-28-24(21)26)15-7-13-19(14-8-15)34-18-5-3-4-6-18/h2,7-14,18H,1,3-6H2,(H2,26,28)(H,27,32)(H,29,33). The molecule has 0 saturated heterocycles. The molecule has 0 spiro atoms. The first kappa shape index (κ1) is 21.4. The normalized spacial score (nSPS) is 13.8. The number of aromatic nitrogens is 4.